The van der Waals surface area contributed by atoms with Gasteiger partial charge in [-0.25, -0.2) is 0 Å². The van der Waals surface area contributed by atoms with Crippen LogP contribution in [0, 0.1) is 5.41 Å². The summed E-state index contributed by atoms with van der Waals surface area (Å²) >= 11 is 0. The van der Waals surface area contributed by atoms with Gasteiger partial charge in [-0.15, -0.1) is 0 Å². The lowest BCUT2D eigenvalue weighted by molar-refractivity contribution is -0.121. The molecule has 0 atom stereocenters. The largest absolute Gasteiger partial charge is 0.508 e. The van der Waals surface area contributed by atoms with Gasteiger partial charge in [0.25, 0.3) is 0 Å². The van der Waals surface area contributed by atoms with Gasteiger partial charge in [0.05, 0.1) is 18.0 Å². The Labute approximate surface area is 144 Å². The van der Waals surface area contributed by atoms with E-state index in [1.54, 1.807) is 19.2 Å². The molecule has 0 aliphatic heterocycles. The van der Waals surface area contributed by atoms with Crippen LogP contribution in [-0.4, -0.2) is 28.3 Å². The molecule has 0 spiro atoms. The molecule has 1 aromatic heterocycles. The average molecular weight is 337 g/mol. The van der Waals surface area contributed by atoms with Crippen LogP contribution in [0.1, 0.15) is 18.4 Å². The van der Waals surface area contributed by atoms with Crippen molar-refractivity contribution in [3.05, 3.63) is 48.0 Å². The highest BCUT2D eigenvalue weighted by Crippen LogP contribution is 2.49. The summed E-state index contributed by atoms with van der Waals surface area (Å²) in [6.07, 6.45) is 2.36. The van der Waals surface area contributed by atoms with Crippen LogP contribution < -0.4 is 10.1 Å². The Bertz CT molecular complexity index is 927. The molecule has 25 heavy (non-hydrogen) atoms. The zero-order valence-corrected chi connectivity index (χ0v) is 13.9. The number of H-pyrrole nitrogens is 1. The van der Waals surface area contributed by atoms with Crippen molar-refractivity contribution in [3.8, 4) is 11.5 Å². The minimum atomic E-state index is -0.388. The zero-order chi connectivity index (χ0) is 17.4. The molecule has 1 fully saturated rings. The van der Waals surface area contributed by atoms with Crippen molar-refractivity contribution in [2.75, 3.05) is 12.4 Å². The Morgan fingerprint density at radius 2 is 2.04 bits per heavy atom. The highest BCUT2D eigenvalue weighted by Gasteiger charge is 2.49. The van der Waals surface area contributed by atoms with Crippen molar-refractivity contribution < 1.29 is 14.6 Å². The number of nitrogens with one attached hydrogen (secondary N) is 2. The Morgan fingerprint density at radius 3 is 2.72 bits per heavy atom. The van der Waals surface area contributed by atoms with E-state index in [0.717, 1.165) is 35.1 Å². The van der Waals surface area contributed by atoms with E-state index in [2.05, 4.69) is 15.5 Å². The number of aromatic amines is 1. The van der Waals surface area contributed by atoms with E-state index in [1.807, 2.05) is 30.3 Å². The summed E-state index contributed by atoms with van der Waals surface area (Å²) < 4.78 is 5.25. The maximum Gasteiger partial charge on any atom is 0.232 e. The van der Waals surface area contributed by atoms with E-state index in [-0.39, 0.29) is 17.1 Å². The average Bonchev–Trinajstić information content (AvgIpc) is 3.31. The number of fused-ring (bicyclic) bond motifs is 1. The van der Waals surface area contributed by atoms with Gasteiger partial charge in [0.2, 0.25) is 5.91 Å². The van der Waals surface area contributed by atoms with E-state index in [1.165, 1.54) is 0 Å². The molecule has 6 nitrogen and oxygen atoms in total. The number of methoxy groups -OCH3 is 1. The van der Waals surface area contributed by atoms with Crippen LogP contribution in [0.4, 0.5) is 5.82 Å². The number of anilines is 1. The first-order valence-corrected chi connectivity index (χ1v) is 8.21. The number of phenols is 1. The van der Waals surface area contributed by atoms with Crippen LogP contribution in [0.15, 0.2) is 42.5 Å². The second-order valence-corrected chi connectivity index (χ2v) is 6.56. The van der Waals surface area contributed by atoms with Gasteiger partial charge in [-0.05, 0) is 55.2 Å². The minimum absolute atomic E-state index is 0.0169. The van der Waals surface area contributed by atoms with E-state index >= 15 is 0 Å². The van der Waals surface area contributed by atoms with Gasteiger partial charge in [0.15, 0.2) is 5.82 Å². The van der Waals surface area contributed by atoms with Gasteiger partial charge in [-0.1, -0.05) is 12.1 Å². The van der Waals surface area contributed by atoms with E-state index < -0.39 is 0 Å². The molecule has 3 aromatic rings. The number of aromatic nitrogens is 2. The van der Waals surface area contributed by atoms with Crippen molar-refractivity contribution >= 4 is 22.6 Å². The third-order valence-electron chi connectivity index (χ3n) is 4.82. The number of carbonyl (C=O) groups excluding carboxylic acids is 1. The van der Waals surface area contributed by atoms with Crippen LogP contribution >= 0.6 is 0 Å². The number of hydrogen-bond acceptors (Lipinski definition) is 4. The fraction of sp³-hybridized carbons (Fsp3) is 0.263. The number of phenolic OH excluding ortho intramolecular Hbond substituents is 1. The number of amides is 1. The lowest BCUT2D eigenvalue weighted by atomic mass is 9.95. The number of rotatable bonds is 5. The summed E-state index contributed by atoms with van der Waals surface area (Å²) in [6.45, 7) is 0. The molecule has 3 N–H and O–H groups in total. The quantitative estimate of drug-likeness (QED) is 0.667. The predicted molar refractivity (Wildman–Crippen MR) is 94.8 cm³/mol. The van der Waals surface area contributed by atoms with Crippen molar-refractivity contribution in [3.63, 3.8) is 0 Å². The molecule has 128 valence electrons. The van der Waals surface area contributed by atoms with E-state index in [0.29, 0.717) is 12.2 Å². The maximum atomic E-state index is 12.8. The molecule has 0 radical (unpaired) electrons. The molecule has 0 unspecified atom stereocenters. The fourth-order valence-electron chi connectivity index (χ4n) is 3.10. The van der Waals surface area contributed by atoms with Gasteiger partial charge >= 0.3 is 0 Å². The predicted octanol–water partition coefficient (Wildman–Crippen LogP) is 3.24. The van der Waals surface area contributed by atoms with E-state index in [9.17, 15) is 9.90 Å². The molecule has 6 heteroatoms. The first-order valence-electron chi connectivity index (χ1n) is 8.21. The molecule has 1 aliphatic carbocycles. The highest BCUT2D eigenvalue weighted by atomic mass is 16.5. The Balaban J connectivity index is 1.54. The SMILES string of the molecule is COc1ccc2[nH]nc(NC(=O)C3(Cc4ccc(O)cc4)CC3)c2c1. The van der Waals surface area contributed by atoms with Gasteiger partial charge in [0, 0.05) is 5.39 Å². The topological polar surface area (TPSA) is 87.2 Å². The lowest BCUT2D eigenvalue weighted by Crippen LogP contribution is -2.26. The van der Waals surface area contributed by atoms with Crippen LogP contribution in [0.2, 0.25) is 0 Å². The normalized spacial score (nSPS) is 15.1. The number of carbonyl (C=O) groups is 1. The Hall–Kier alpha value is -3.02. The number of nitrogens with zero attached hydrogens (tertiary/aromatic N) is 1. The number of hydrogen-bond donors (Lipinski definition) is 3. The number of ether oxygens (including phenoxy) is 1. The van der Waals surface area contributed by atoms with E-state index in [4.69, 9.17) is 4.74 Å². The maximum absolute atomic E-state index is 12.8. The summed E-state index contributed by atoms with van der Waals surface area (Å²) in [4.78, 5) is 12.8. The van der Waals surface area contributed by atoms with Crippen LogP contribution in [-0.2, 0) is 11.2 Å². The highest BCUT2D eigenvalue weighted by molar-refractivity contribution is 6.03. The number of aromatic hydroxyl groups is 1. The first kappa shape index (κ1) is 15.5. The third kappa shape index (κ3) is 2.91. The van der Waals surface area contributed by atoms with Crippen molar-refractivity contribution in [1.82, 2.24) is 10.2 Å². The van der Waals surface area contributed by atoms with Gasteiger partial charge < -0.3 is 15.2 Å². The summed E-state index contributed by atoms with van der Waals surface area (Å²) in [5.41, 5.74) is 1.50. The molecule has 1 aliphatic rings. The molecule has 1 amide bonds. The molecule has 0 bridgehead atoms. The molecular formula is C19H19N3O3. The second-order valence-electron chi connectivity index (χ2n) is 6.56. The molecule has 2 aromatic carbocycles. The van der Waals surface area contributed by atoms with Gasteiger partial charge in [-0.2, -0.15) is 5.10 Å². The summed E-state index contributed by atoms with van der Waals surface area (Å²) in [7, 11) is 1.61. The minimum Gasteiger partial charge on any atom is -0.508 e. The fourth-order valence-corrected chi connectivity index (χ4v) is 3.10. The van der Waals surface area contributed by atoms with Crippen molar-refractivity contribution in [2.24, 2.45) is 5.41 Å². The molecule has 0 saturated heterocycles. The third-order valence-corrected chi connectivity index (χ3v) is 4.82. The van der Waals surface area contributed by atoms with Gasteiger partial charge in [0.1, 0.15) is 11.5 Å². The Kier molecular flexibility index (Phi) is 3.60. The second kappa shape index (κ2) is 5.81. The zero-order valence-electron chi connectivity index (χ0n) is 13.9. The van der Waals surface area contributed by atoms with Crippen LogP contribution in [0.25, 0.3) is 10.9 Å². The molecule has 1 saturated carbocycles. The Morgan fingerprint density at radius 1 is 1.28 bits per heavy atom. The number of benzene rings is 2. The van der Waals surface area contributed by atoms with Crippen LogP contribution in [0.5, 0.6) is 11.5 Å². The molecule has 4 rings (SSSR count). The lowest BCUT2D eigenvalue weighted by Gasteiger charge is -2.14. The van der Waals surface area contributed by atoms with Crippen molar-refractivity contribution in [2.45, 2.75) is 19.3 Å². The molecular weight excluding hydrogens is 318 g/mol. The summed E-state index contributed by atoms with van der Waals surface area (Å²) in [5, 5.41) is 20.3. The standard InChI is InChI=1S/C19H19N3O3/c1-25-14-6-7-16-15(10-14)17(22-21-16)20-18(24)19(8-9-19)11-12-2-4-13(23)5-3-12/h2-7,10,23H,8-9,11H2,1H3,(H2,20,21,22,24). The first-order chi connectivity index (χ1) is 12.1. The smallest absolute Gasteiger partial charge is 0.232 e. The summed E-state index contributed by atoms with van der Waals surface area (Å²) in [6, 6.07) is 12.6. The van der Waals surface area contributed by atoms with Crippen LogP contribution in [0.3, 0.4) is 0 Å². The van der Waals surface area contributed by atoms with Crippen molar-refractivity contribution in [1.29, 1.82) is 0 Å². The van der Waals surface area contributed by atoms with Gasteiger partial charge in [-0.3, -0.25) is 9.89 Å². The monoisotopic (exact) mass is 337 g/mol. The summed E-state index contributed by atoms with van der Waals surface area (Å²) in [5.74, 6) is 1.46. The molecule has 1 heterocycles.